The van der Waals surface area contributed by atoms with Gasteiger partial charge in [-0.05, 0) is 103 Å². The van der Waals surface area contributed by atoms with Crippen LogP contribution in [0.25, 0.3) is 0 Å². The Morgan fingerprint density at radius 1 is 0.397 bits per heavy atom. The van der Waals surface area contributed by atoms with Crippen molar-refractivity contribution in [1.82, 2.24) is 0 Å². The summed E-state index contributed by atoms with van der Waals surface area (Å²) < 4.78 is 17.1. The van der Waals surface area contributed by atoms with Crippen molar-refractivity contribution < 1.29 is 23.8 Å². The van der Waals surface area contributed by atoms with Crippen LogP contribution in [0, 0.1) is 0 Å². The van der Waals surface area contributed by atoms with E-state index in [1.54, 1.807) is 0 Å². The van der Waals surface area contributed by atoms with Gasteiger partial charge < -0.3 is 14.2 Å². The Morgan fingerprint density at radius 2 is 0.776 bits per heavy atom. The SMILES string of the molecule is CC/C=C\C/C=C\C/C=C\C/C=C\C/C=C\C/C=C\CCCOCC(COC(=O)CCC/C=C\C/C=C\C/C=C\C/C=C\C/C=C\CC)OC(=O)CCCCCCC. The lowest BCUT2D eigenvalue weighted by Crippen LogP contribution is -2.30. The third-order valence-corrected chi connectivity index (χ3v) is 8.68. The van der Waals surface area contributed by atoms with E-state index in [1.807, 2.05) is 0 Å². The molecule has 0 aliphatic heterocycles. The zero-order valence-corrected chi connectivity index (χ0v) is 37.0. The molecule has 0 fully saturated rings. The number of esters is 2. The molecule has 0 aromatic heterocycles. The average Bonchev–Trinajstić information content (AvgIpc) is 3.22. The highest BCUT2D eigenvalue weighted by Crippen LogP contribution is 2.09. The molecule has 5 nitrogen and oxygen atoms in total. The molecule has 0 heterocycles. The number of hydrogen-bond acceptors (Lipinski definition) is 5. The molecule has 0 radical (unpaired) electrons. The van der Waals surface area contributed by atoms with Crippen LogP contribution in [0.15, 0.2) is 134 Å². The molecular weight excluding hydrogens is 717 g/mol. The molecule has 0 aromatic carbocycles. The molecule has 0 saturated heterocycles. The lowest BCUT2D eigenvalue weighted by atomic mass is 10.1. The normalized spacial score (nSPS) is 13.5. The first-order valence-corrected chi connectivity index (χ1v) is 22.7. The highest BCUT2D eigenvalue weighted by Gasteiger charge is 2.17. The van der Waals surface area contributed by atoms with Gasteiger partial charge in [0.1, 0.15) is 6.61 Å². The largest absolute Gasteiger partial charge is 0.462 e. The second kappa shape index (κ2) is 47.4. The van der Waals surface area contributed by atoms with Crippen molar-refractivity contribution in [3.63, 3.8) is 0 Å². The van der Waals surface area contributed by atoms with Crippen LogP contribution in [0.2, 0.25) is 0 Å². The first-order valence-electron chi connectivity index (χ1n) is 22.7. The minimum atomic E-state index is -0.594. The van der Waals surface area contributed by atoms with Crippen LogP contribution in [0.3, 0.4) is 0 Å². The van der Waals surface area contributed by atoms with E-state index in [4.69, 9.17) is 14.2 Å². The Hall–Kier alpha value is -3.96. The van der Waals surface area contributed by atoms with Crippen LogP contribution in [0.5, 0.6) is 0 Å². The minimum absolute atomic E-state index is 0.0230. The van der Waals surface area contributed by atoms with Crippen molar-refractivity contribution in [2.45, 2.75) is 168 Å². The van der Waals surface area contributed by atoms with Crippen LogP contribution in [-0.4, -0.2) is 37.9 Å². The van der Waals surface area contributed by atoms with Crippen molar-refractivity contribution in [3.8, 4) is 0 Å². The molecule has 0 aliphatic rings. The van der Waals surface area contributed by atoms with Gasteiger partial charge in [0.25, 0.3) is 0 Å². The zero-order chi connectivity index (χ0) is 42.1. The van der Waals surface area contributed by atoms with Gasteiger partial charge in [0.15, 0.2) is 6.10 Å². The number of unbranched alkanes of at least 4 members (excludes halogenated alkanes) is 6. The number of allylic oxidation sites excluding steroid dienone is 22. The standard InChI is InChI=1S/C53H82O5/c1-4-7-10-13-15-17-19-21-23-25-26-27-29-31-33-35-37-39-42-45-48-56-49-51(58-53(55)47-44-40-12-9-6-3)50-57-52(54)46-43-41-38-36-34-32-30-28-24-22-20-18-16-14-11-8-5-2/h7-8,10-11,15-18,21-24,26-27,30-33,36-39,51H,4-6,9,12-14,19-20,25,28-29,34-35,40-50H2,1-3H3/b10-7-,11-8-,17-15-,18-16-,23-21-,24-22-,27-26-,32-30-,33-31-,38-36-,39-37-. The van der Waals surface area contributed by atoms with Gasteiger partial charge in [-0.2, -0.15) is 0 Å². The van der Waals surface area contributed by atoms with Crippen LogP contribution >= 0.6 is 0 Å². The van der Waals surface area contributed by atoms with Gasteiger partial charge in [0, 0.05) is 19.4 Å². The summed E-state index contributed by atoms with van der Waals surface area (Å²) in [7, 11) is 0. The lowest BCUT2D eigenvalue weighted by molar-refractivity contribution is -0.162. The maximum atomic E-state index is 12.5. The quantitative estimate of drug-likeness (QED) is 0.0352. The second-order valence-electron chi connectivity index (χ2n) is 14.2. The van der Waals surface area contributed by atoms with Crippen LogP contribution < -0.4 is 0 Å². The molecule has 0 bridgehead atoms. The summed E-state index contributed by atoms with van der Waals surface area (Å²) in [4.78, 5) is 25.0. The van der Waals surface area contributed by atoms with E-state index in [0.717, 1.165) is 122 Å². The molecule has 0 aromatic rings. The third-order valence-electron chi connectivity index (χ3n) is 8.68. The molecule has 324 valence electrons. The molecule has 0 saturated carbocycles. The summed E-state index contributed by atoms with van der Waals surface area (Å²) in [5.74, 6) is -0.525. The Balaban J connectivity index is 4.30. The fraction of sp³-hybridized carbons (Fsp3) is 0.547. The second-order valence-corrected chi connectivity index (χ2v) is 14.2. The molecule has 58 heavy (non-hydrogen) atoms. The lowest BCUT2D eigenvalue weighted by Gasteiger charge is -2.18. The van der Waals surface area contributed by atoms with Gasteiger partial charge in [-0.3, -0.25) is 9.59 Å². The molecule has 0 aliphatic carbocycles. The van der Waals surface area contributed by atoms with E-state index in [1.165, 1.54) is 6.42 Å². The fourth-order valence-corrected chi connectivity index (χ4v) is 5.38. The number of carbonyl (C=O) groups excluding carboxylic acids is 2. The summed E-state index contributed by atoms with van der Waals surface area (Å²) in [6, 6.07) is 0. The van der Waals surface area contributed by atoms with Gasteiger partial charge in [-0.15, -0.1) is 0 Å². The Kier molecular flexibility index (Phi) is 44.2. The van der Waals surface area contributed by atoms with Crippen molar-refractivity contribution in [1.29, 1.82) is 0 Å². The number of ether oxygens (including phenoxy) is 3. The molecular formula is C53H82O5. The van der Waals surface area contributed by atoms with Crippen LogP contribution in [-0.2, 0) is 23.8 Å². The maximum Gasteiger partial charge on any atom is 0.306 e. The predicted octanol–water partition coefficient (Wildman–Crippen LogP) is 15.2. The molecule has 0 rings (SSSR count). The Labute approximate surface area is 356 Å². The van der Waals surface area contributed by atoms with Crippen LogP contribution in [0.1, 0.15) is 162 Å². The number of rotatable bonds is 39. The highest BCUT2D eigenvalue weighted by molar-refractivity contribution is 5.70. The van der Waals surface area contributed by atoms with Crippen molar-refractivity contribution in [2.75, 3.05) is 19.8 Å². The predicted molar refractivity (Wildman–Crippen MR) is 251 cm³/mol. The molecule has 5 heteroatoms. The molecule has 1 atom stereocenters. The van der Waals surface area contributed by atoms with E-state index >= 15 is 0 Å². The first-order chi connectivity index (χ1) is 28.6. The van der Waals surface area contributed by atoms with Crippen molar-refractivity contribution in [3.05, 3.63) is 134 Å². The summed E-state index contributed by atoms with van der Waals surface area (Å²) in [6.07, 6.45) is 67.8. The molecule has 0 spiro atoms. The summed E-state index contributed by atoms with van der Waals surface area (Å²) in [5.41, 5.74) is 0. The number of hydrogen-bond donors (Lipinski definition) is 0. The van der Waals surface area contributed by atoms with Gasteiger partial charge in [0.05, 0.1) is 6.61 Å². The van der Waals surface area contributed by atoms with E-state index in [2.05, 4.69) is 154 Å². The minimum Gasteiger partial charge on any atom is -0.462 e. The maximum absolute atomic E-state index is 12.5. The topological polar surface area (TPSA) is 61.8 Å². The molecule has 1 unspecified atom stereocenters. The monoisotopic (exact) mass is 799 g/mol. The van der Waals surface area contributed by atoms with E-state index < -0.39 is 6.10 Å². The summed E-state index contributed by atoms with van der Waals surface area (Å²) >= 11 is 0. The Morgan fingerprint density at radius 3 is 1.21 bits per heavy atom. The van der Waals surface area contributed by atoms with Crippen LogP contribution in [0.4, 0.5) is 0 Å². The highest BCUT2D eigenvalue weighted by atomic mass is 16.6. The summed E-state index contributed by atoms with van der Waals surface area (Å²) in [5, 5.41) is 0. The van der Waals surface area contributed by atoms with Crippen molar-refractivity contribution in [2.24, 2.45) is 0 Å². The number of carbonyl (C=O) groups is 2. The first kappa shape index (κ1) is 54.0. The van der Waals surface area contributed by atoms with Gasteiger partial charge in [-0.25, -0.2) is 0 Å². The van der Waals surface area contributed by atoms with E-state index in [9.17, 15) is 9.59 Å². The average molecular weight is 799 g/mol. The van der Waals surface area contributed by atoms with Gasteiger partial charge >= 0.3 is 11.9 Å². The fourth-order valence-electron chi connectivity index (χ4n) is 5.38. The van der Waals surface area contributed by atoms with E-state index in [-0.39, 0.29) is 25.2 Å². The summed E-state index contributed by atoms with van der Waals surface area (Å²) in [6.45, 7) is 7.28. The Bertz CT molecular complexity index is 1270. The van der Waals surface area contributed by atoms with Gasteiger partial charge in [-0.1, -0.05) is 180 Å². The molecule has 0 amide bonds. The third kappa shape index (κ3) is 44.8. The molecule has 0 N–H and O–H groups in total. The smallest absolute Gasteiger partial charge is 0.306 e. The zero-order valence-electron chi connectivity index (χ0n) is 37.0. The van der Waals surface area contributed by atoms with E-state index in [0.29, 0.717) is 19.4 Å². The van der Waals surface area contributed by atoms with Gasteiger partial charge in [0.2, 0.25) is 0 Å². The van der Waals surface area contributed by atoms with Crippen molar-refractivity contribution >= 4 is 11.9 Å².